The number of piperidine rings is 1. The first-order chi connectivity index (χ1) is 11.3. The summed E-state index contributed by atoms with van der Waals surface area (Å²) in [5, 5.41) is 0. The van der Waals surface area contributed by atoms with Gasteiger partial charge in [0.1, 0.15) is 6.61 Å². The number of aryl methyl sites for hydroxylation is 1. The number of hydrogen-bond donors (Lipinski definition) is 1. The second-order valence-electron chi connectivity index (χ2n) is 6.84. The van der Waals surface area contributed by atoms with E-state index in [1.807, 2.05) is 19.1 Å². The number of carbonyl (C=O) groups is 1. The second-order valence-corrected chi connectivity index (χ2v) is 8.74. The van der Waals surface area contributed by atoms with E-state index in [0.717, 1.165) is 31.2 Å². The zero-order chi connectivity index (χ0) is 17.4. The van der Waals surface area contributed by atoms with E-state index in [-0.39, 0.29) is 18.1 Å². The van der Waals surface area contributed by atoms with Crippen LogP contribution >= 0.6 is 0 Å². The van der Waals surface area contributed by atoms with Crippen molar-refractivity contribution in [2.45, 2.75) is 43.6 Å². The lowest BCUT2D eigenvalue weighted by Crippen LogP contribution is -2.54. The van der Waals surface area contributed by atoms with Crippen molar-refractivity contribution in [1.29, 1.82) is 0 Å². The van der Waals surface area contributed by atoms with Crippen LogP contribution in [0.4, 0.5) is 0 Å². The third-order valence-corrected chi connectivity index (χ3v) is 7.50. The van der Waals surface area contributed by atoms with E-state index in [4.69, 9.17) is 10.5 Å². The zero-order valence-corrected chi connectivity index (χ0v) is 14.7. The first kappa shape index (κ1) is 17.4. The molecule has 3 rings (SSSR count). The summed E-state index contributed by atoms with van der Waals surface area (Å²) >= 11 is 0. The van der Waals surface area contributed by atoms with Crippen LogP contribution in [0.2, 0.25) is 0 Å². The third kappa shape index (κ3) is 3.08. The van der Waals surface area contributed by atoms with Gasteiger partial charge < -0.3 is 10.5 Å². The van der Waals surface area contributed by atoms with Gasteiger partial charge in [0.15, 0.2) is 0 Å². The Morgan fingerprint density at radius 3 is 2.50 bits per heavy atom. The van der Waals surface area contributed by atoms with Gasteiger partial charge in [-0.3, -0.25) is 4.79 Å². The molecule has 24 heavy (non-hydrogen) atoms. The van der Waals surface area contributed by atoms with Gasteiger partial charge in [-0.15, -0.1) is 0 Å². The van der Waals surface area contributed by atoms with Crippen molar-refractivity contribution in [3.63, 3.8) is 0 Å². The number of rotatable bonds is 5. The van der Waals surface area contributed by atoms with Gasteiger partial charge in [0.05, 0.1) is 11.0 Å². The molecular weight excluding hydrogens is 328 g/mol. The number of carbonyl (C=O) groups excluding carboxylic acids is 1. The van der Waals surface area contributed by atoms with E-state index in [1.54, 1.807) is 16.4 Å². The van der Waals surface area contributed by atoms with Crippen LogP contribution in [0.3, 0.4) is 0 Å². The predicted molar refractivity (Wildman–Crippen MR) is 89.8 cm³/mol. The molecule has 1 aromatic carbocycles. The van der Waals surface area contributed by atoms with Crippen molar-refractivity contribution in [2.75, 3.05) is 19.7 Å². The summed E-state index contributed by atoms with van der Waals surface area (Å²) in [6.45, 7) is 2.75. The second kappa shape index (κ2) is 6.46. The average molecular weight is 352 g/mol. The maximum absolute atomic E-state index is 12.9. The number of primary amides is 1. The van der Waals surface area contributed by atoms with Crippen LogP contribution in [0.1, 0.15) is 31.2 Å². The Labute approximate surface area is 143 Å². The summed E-state index contributed by atoms with van der Waals surface area (Å²) in [6, 6.07) is 7.08. The number of ether oxygens (including phenoxy) is 1. The maximum atomic E-state index is 12.9. The normalized spacial score (nSPS) is 23.8. The van der Waals surface area contributed by atoms with Crippen molar-refractivity contribution >= 4 is 15.9 Å². The molecule has 1 unspecified atom stereocenters. The number of nitrogens with zero attached hydrogens (tertiary/aromatic N) is 1. The highest BCUT2D eigenvalue weighted by atomic mass is 32.2. The maximum Gasteiger partial charge on any atom is 0.243 e. The van der Waals surface area contributed by atoms with Crippen LogP contribution in [0.25, 0.3) is 0 Å². The number of nitrogens with two attached hydrogens (primary N) is 1. The van der Waals surface area contributed by atoms with Crippen molar-refractivity contribution < 1.29 is 17.9 Å². The lowest BCUT2D eigenvalue weighted by atomic mass is 9.61. The van der Waals surface area contributed by atoms with Gasteiger partial charge in [0.2, 0.25) is 15.9 Å². The summed E-state index contributed by atoms with van der Waals surface area (Å²) in [5.41, 5.74) is 5.92. The van der Waals surface area contributed by atoms with Gasteiger partial charge in [-0.25, -0.2) is 8.42 Å². The van der Waals surface area contributed by atoms with E-state index < -0.39 is 15.9 Å². The smallest absolute Gasteiger partial charge is 0.243 e. The molecule has 0 radical (unpaired) electrons. The Morgan fingerprint density at radius 2 is 1.96 bits per heavy atom. The molecule has 7 heteroatoms. The van der Waals surface area contributed by atoms with Crippen LogP contribution < -0.4 is 5.73 Å². The molecule has 0 bridgehead atoms. The molecule has 0 aromatic heterocycles. The molecule has 1 aromatic rings. The monoisotopic (exact) mass is 352 g/mol. The highest BCUT2D eigenvalue weighted by Gasteiger charge is 2.50. The van der Waals surface area contributed by atoms with E-state index >= 15 is 0 Å². The van der Waals surface area contributed by atoms with Gasteiger partial charge in [0.25, 0.3) is 0 Å². The van der Waals surface area contributed by atoms with Crippen molar-refractivity contribution in [3.05, 3.63) is 29.8 Å². The Hall–Kier alpha value is -1.44. The van der Waals surface area contributed by atoms with Gasteiger partial charge in [-0.2, -0.15) is 4.31 Å². The minimum absolute atomic E-state index is 0.00715. The molecule has 1 saturated carbocycles. The minimum atomic E-state index is -3.45. The van der Waals surface area contributed by atoms with Crippen LogP contribution in [0, 0.1) is 12.3 Å². The van der Waals surface area contributed by atoms with E-state index in [1.165, 1.54) is 0 Å². The molecule has 2 aliphatic rings. The molecular formula is C17H24N2O4S. The van der Waals surface area contributed by atoms with Gasteiger partial charge in [-0.05, 0) is 49.7 Å². The standard InChI is InChI=1S/C17H24N2O4S/c1-13-4-2-3-5-14(13)24(21,22)19-10-8-17(9-11-19)7-6-15(17)23-12-16(18)20/h2-5,15H,6-12H2,1H3,(H2,18,20). The van der Waals surface area contributed by atoms with Crippen molar-refractivity contribution in [1.82, 2.24) is 4.31 Å². The van der Waals surface area contributed by atoms with E-state index in [0.29, 0.717) is 18.0 Å². The molecule has 1 aliphatic carbocycles. The Kier molecular flexibility index (Phi) is 4.68. The lowest BCUT2D eigenvalue weighted by Gasteiger charge is -2.53. The van der Waals surface area contributed by atoms with E-state index in [9.17, 15) is 13.2 Å². The third-order valence-electron chi connectivity index (χ3n) is 5.44. The Morgan fingerprint density at radius 1 is 1.29 bits per heavy atom. The quantitative estimate of drug-likeness (QED) is 0.868. The van der Waals surface area contributed by atoms with Gasteiger partial charge >= 0.3 is 0 Å². The summed E-state index contributed by atoms with van der Waals surface area (Å²) in [7, 11) is -3.45. The zero-order valence-electron chi connectivity index (χ0n) is 13.9. The summed E-state index contributed by atoms with van der Waals surface area (Å²) in [6.07, 6.45) is 3.49. The number of sulfonamides is 1. The van der Waals surface area contributed by atoms with Gasteiger partial charge in [-0.1, -0.05) is 18.2 Å². The molecule has 1 amide bonds. The number of benzene rings is 1. The highest BCUT2D eigenvalue weighted by molar-refractivity contribution is 7.89. The lowest BCUT2D eigenvalue weighted by molar-refractivity contribution is -0.147. The summed E-state index contributed by atoms with van der Waals surface area (Å²) in [5.74, 6) is -0.461. The topological polar surface area (TPSA) is 89.7 Å². The van der Waals surface area contributed by atoms with Crippen LogP contribution in [0.15, 0.2) is 29.2 Å². The van der Waals surface area contributed by atoms with Crippen molar-refractivity contribution in [3.8, 4) is 0 Å². The first-order valence-electron chi connectivity index (χ1n) is 8.31. The van der Waals surface area contributed by atoms with Crippen molar-refractivity contribution in [2.24, 2.45) is 11.1 Å². The molecule has 1 saturated heterocycles. The number of hydrogen-bond acceptors (Lipinski definition) is 4. The first-order valence-corrected chi connectivity index (χ1v) is 9.75. The largest absolute Gasteiger partial charge is 0.368 e. The molecule has 1 atom stereocenters. The predicted octanol–water partition coefficient (Wildman–Crippen LogP) is 1.43. The Bertz CT molecular complexity index is 724. The number of amides is 1. The Balaban J connectivity index is 1.67. The summed E-state index contributed by atoms with van der Waals surface area (Å²) < 4.78 is 32.9. The SMILES string of the molecule is Cc1ccccc1S(=O)(=O)N1CCC2(CCC2OCC(N)=O)CC1. The molecule has 1 aliphatic heterocycles. The van der Waals surface area contributed by atoms with Crippen LogP contribution in [-0.4, -0.2) is 44.4 Å². The van der Waals surface area contributed by atoms with Gasteiger partial charge in [0, 0.05) is 13.1 Å². The molecule has 6 nitrogen and oxygen atoms in total. The fourth-order valence-electron chi connectivity index (χ4n) is 3.84. The molecule has 132 valence electrons. The highest BCUT2D eigenvalue weighted by Crippen LogP contribution is 2.51. The van der Waals surface area contributed by atoms with Crippen LogP contribution in [-0.2, 0) is 19.6 Å². The molecule has 2 fully saturated rings. The fraction of sp³-hybridized carbons (Fsp3) is 0.588. The fourth-order valence-corrected chi connectivity index (χ4v) is 5.51. The molecule has 1 heterocycles. The molecule has 2 N–H and O–H groups in total. The average Bonchev–Trinajstić information content (AvgIpc) is 2.54. The summed E-state index contributed by atoms with van der Waals surface area (Å²) in [4.78, 5) is 11.3. The van der Waals surface area contributed by atoms with Crippen LogP contribution in [0.5, 0.6) is 0 Å². The molecule has 1 spiro atoms. The minimum Gasteiger partial charge on any atom is -0.368 e. The van der Waals surface area contributed by atoms with E-state index in [2.05, 4.69) is 0 Å².